The molecule has 0 spiro atoms. The maximum Gasteiger partial charge on any atom is 2.00 e. The molecule has 0 N–H and O–H groups in total. The number of hydrogen-bond donors (Lipinski definition) is 0. The van der Waals surface area contributed by atoms with Crippen molar-refractivity contribution in [1.29, 1.82) is 0 Å². The van der Waals surface area contributed by atoms with Gasteiger partial charge in [-0.1, -0.05) is 47.5 Å². The third-order valence-corrected chi connectivity index (χ3v) is 5.67. The minimum Gasteiger partial charge on any atom is -1.00 e. The molecular weight excluding hydrogens is 662 g/mol. The Bertz CT molecular complexity index is 786. The maximum atomic E-state index is 11.8. The second-order valence-electron chi connectivity index (χ2n) is 8.75. The normalized spacial score (nSPS) is 10.0. The van der Waals surface area contributed by atoms with Gasteiger partial charge in [0.1, 0.15) is 0 Å². The first kappa shape index (κ1) is 46.6. The van der Waals surface area contributed by atoms with Crippen molar-refractivity contribution >= 4 is 0 Å². The molecule has 0 saturated carbocycles. The zero-order valence-electron chi connectivity index (χ0n) is 25.0. The largest absolute Gasteiger partial charge is 2.00 e. The van der Waals surface area contributed by atoms with Crippen LogP contribution < -0.4 is 35.0 Å². The minimum absolute atomic E-state index is 0. The molecule has 0 aliphatic rings. The Labute approximate surface area is 279 Å². The number of rotatable bonds is 16. The fraction of sp³-hybridized carbons (Fsp3) is 0.571. The Balaban J connectivity index is -0.000000295. The van der Waals surface area contributed by atoms with Crippen LogP contribution in [0.3, 0.4) is 0 Å². The summed E-state index contributed by atoms with van der Waals surface area (Å²) in [5.41, 5.74) is 3.90. The van der Waals surface area contributed by atoms with Crippen LogP contribution in [-0.4, -0.2) is 90.8 Å². The van der Waals surface area contributed by atoms with Gasteiger partial charge in [0.25, 0.3) is 0 Å². The summed E-state index contributed by atoms with van der Waals surface area (Å²) in [6, 6.07) is 10.9. The predicted octanol–water partition coefficient (Wildman–Crippen LogP) is -3.67. The number of nitrogens with zero attached hydrogens (tertiary/aromatic N) is 2. The van der Waals surface area contributed by atoms with Gasteiger partial charge in [-0.2, -0.15) is 0 Å². The van der Waals surface area contributed by atoms with E-state index in [2.05, 4.69) is 9.80 Å². The molecule has 2 rings (SSSR count). The third kappa shape index (κ3) is 20.5. The molecule has 2 aromatic rings. The zero-order chi connectivity index (χ0) is 26.8. The number of methoxy groups -OCH3 is 4. The van der Waals surface area contributed by atoms with Crippen LogP contribution in [0.4, 0.5) is 0 Å². The van der Waals surface area contributed by atoms with Gasteiger partial charge in [0.2, 0.25) is 0 Å². The van der Waals surface area contributed by atoms with Gasteiger partial charge >= 0.3 is 39.0 Å². The smallest absolute Gasteiger partial charge is 1.00 e. The summed E-state index contributed by atoms with van der Waals surface area (Å²) in [5.74, 6) is 0.195. The first-order valence-corrected chi connectivity index (χ1v) is 12.3. The Morgan fingerprint density at radius 1 is 0.550 bits per heavy atom. The first-order chi connectivity index (χ1) is 17.3. The van der Waals surface area contributed by atoms with Crippen molar-refractivity contribution in [2.45, 2.75) is 26.9 Å². The number of aryl methyl sites for hydroxylation is 2. The van der Waals surface area contributed by atoms with Gasteiger partial charge in [0.05, 0.1) is 26.4 Å². The van der Waals surface area contributed by atoms with Crippen LogP contribution >= 0.6 is 0 Å². The summed E-state index contributed by atoms with van der Waals surface area (Å²) in [6.07, 6.45) is 0. The molecule has 8 nitrogen and oxygen atoms in total. The van der Waals surface area contributed by atoms with E-state index in [0.717, 1.165) is 48.4 Å². The average molecular weight is 706 g/mol. The molecule has 0 unspecified atom stereocenters. The number of benzene rings is 2. The molecule has 0 aliphatic carbocycles. The SMILES string of the molecule is COCCN(CCOC)Cc1cc(C)ccc1[O-].COCCN(CCOC)Cc1cc(C)ccc1[O-].[Cl-].[Cl-].[Zn+2].[Zn+2]. The summed E-state index contributed by atoms with van der Waals surface area (Å²) in [6.45, 7) is 11.1. The van der Waals surface area contributed by atoms with Crippen molar-refractivity contribution in [3.8, 4) is 11.5 Å². The average Bonchev–Trinajstić information content (AvgIpc) is 2.87. The maximum absolute atomic E-state index is 11.8. The summed E-state index contributed by atoms with van der Waals surface area (Å²) in [5, 5.41) is 23.5. The third-order valence-electron chi connectivity index (χ3n) is 5.67. The monoisotopic (exact) mass is 702 g/mol. The molecule has 220 valence electrons. The van der Waals surface area contributed by atoms with Crippen molar-refractivity contribution in [2.75, 3.05) is 81.0 Å². The molecule has 0 aromatic heterocycles. The van der Waals surface area contributed by atoms with E-state index in [-0.39, 0.29) is 75.3 Å². The molecular formula is C28H44Cl2N2O6Zn2. The zero-order valence-corrected chi connectivity index (χ0v) is 32.5. The van der Waals surface area contributed by atoms with E-state index in [1.165, 1.54) is 0 Å². The van der Waals surface area contributed by atoms with Crippen molar-refractivity contribution in [3.05, 3.63) is 58.7 Å². The second kappa shape index (κ2) is 28.7. The van der Waals surface area contributed by atoms with Gasteiger partial charge < -0.3 is 54.0 Å². The van der Waals surface area contributed by atoms with Crippen LogP contribution in [0.25, 0.3) is 0 Å². The molecule has 0 aliphatic heterocycles. The van der Waals surface area contributed by atoms with Crippen LogP contribution in [0.5, 0.6) is 11.5 Å². The van der Waals surface area contributed by atoms with Gasteiger partial charge in [-0.15, -0.1) is 11.5 Å². The van der Waals surface area contributed by atoms with E-state index in [1.54, 1.807) is 40.6 Å². The standard InChI is InChI=1S/2C14H23NO3.2ClH.2Zn/c2*1-12-4-5-14(16)13(10-12)11-15(6-8-17-2)7-9-18-3;;;;/h2*4-5,10,16H,6-9,11H2,1-3H3;2*1H;;/q;;;;2*+2/p-4. The second-order valence-corrected chi connectivity index (χ2v) is 8.75. The number of hydrogen-bond acceptors (Lipinski definition) is 8. The van der Waals surface area contributed by atoms with E-state index in [0.29, 0.717) is 39.5 Å². The quantitative estimate of drug-likeness (QED) is 0.165. The van der Waals surface area contributed by atoms with Crippen molar-refractivity contribution in [2.24, 2.45) is 0 Å². The first-order valence-electron chi connectivity index (χ1n) is 12.3. The molecule has 0 radical (unpaired) electrons. The summed E-state index contributed by atoms with van der Waals surface area (Å²) in [4.78, 5) is 4.34. The van der Waals surface area contributed by atoms with Gasteiger partial charge in [-0.25, -0.2) is 0 Å². The van der Waals surface area contributed by atoms with E-state index in [9.17, 15) is 10.2 Å². The molecule has 2 aromatic carbocycles. The fourth-order valence-electron chi connectivity index (χ4n) is 3.57. The summed E-state index contributed by atoms with van der Waals surface area (Å²) in [7, 11) is 6.72. The molecule has 0 amide bonds. The number of ether oxygens (including phenoxy) is 4. The van der Waals surface area contributed by atoms with Gasteiger partial charge in [-0.05, 0) is 25.0 Å². The molecule has 0 fully saturated rings. The van der Waals surface area contributed by atoms with Crippen LogP contribution in [0, 0.1) is 13.8 Å². The summed E-state index contributed by atoms with van der Waals surface area (Å²) < 4.78 is 20.3. The van der Waals surface area contributed by atoms with E-state index in [4.69, 9.17) is 18.9 Å². The number of halogens is 2. The Kier molecular flexibility index (Phi) is 33.5. The Morgan fingerprint density at radius 2 is 0.825 bits per heavy atom. The van der Waals surface area contributed by atoms with E-state index in [1.807, 2.05) is 38.1 Å². The van der Waals surface area contributed by atoms with E-state index >= 15 is 0 Å². The predicted molar refractivity (Wildman–Crippen MR) is 139 cm³/mol. The summed E-state index contributed by atoms with van der Waals surface area (Å²) >= 11 is 0. The van der Waals surface area contributed by atoms with Crippen LogP contribution in [-0.2, 0) is 71.0 Å². The van der Waals surface area contributed by atoms with Crippen LogP contribution in [0.2, 0.25) is 0 Å². The topological polar surface area (TPSA) is 89.5 Å². The van der Waals surface area contributed by atoms with Gasteiger partial charge in [-0.3, -0.25) is 9.80 Å². The van der Waals surface area contributed by atoms with Gasteiger partial charge in [0.15, 0.2) is 0 Å². The van der Waals surface area contributed by atoms with Crippen molar-refractivity contribution in [1.82, 2.24) is 9.80 Å². The molecule has 0 heterocycles. The molecule has 0 atom stereocenters. The van der Waals surface area contributed by atoms with Crippen LogP contribution in [0.1, 0.15) is 22.3 Å². The fourth-order valence-corrected chi connectivity index (χ4v) is 3.57. The minimum atomic E-state index is 0. The van der Waals surface area contributed by atoms with Crippen molar-refractivity contribution < 1.29 is 92.9 Å². The molecule has 0 saturated heterocycles. The molecule has 12 heteroatoms. The van der Waals surface area contributed by atoms with Crippen LogP contribution in [0.15, 0.2) is 36.4 Å². The molecule has 40 heavy (non-hydrogen) atoms. The van der Waals surface area contributed by atoms with E-state index < -0.39 is 0 Å². The Hall–Kier alpha value is -0.373. The van der Waals surface area contributed by atoms with Crippen molar-refractivity contribution in [3.63, 3.8) is 0 Å². The molecule has 0 bridgehead atoms. The van der Waals surface area contributed by atoms with Gasteiger partial charge in [0, 0.05) is 67.7 Å². The Morgan fingerprint density at radius 3 is 1.07 bits per heavy atom.